The molecular weight excluding hydrogens is 354 g/mol. The standard InChI is InChI=1S/C15H18ClN3S3/c1-21-13-18-19(14(20)22-13)10-17-15(8-2-3-9-15)11-4-6-12(16)7-5-11/h4-7,17H,2-3,8-10H2,1H3. The van der Waals surface area contributed by atoms with Gasteiger partial charge in [0.05, 0.1) is 6.67 Å². The molecular formula is C15H18ClN3S3. The SMILES string of the molecule is CSc1nn(CNC2(c3ccc(Cl)cc3)CCCC2)c(=S)s1. The third kappa shape index (κ3) is 3.41. The maximum absolute atomic E-state index is 6.03. The van der Waals surface area contributed by atoms with Crippen molar-refractivity contribution in [1.82, 2.24) is 15.1 Å². The topological polar surface area (TPSA) is 29.9 Å². The van der Waals surface area contributed by atoms with Crippen LogP contribution in [0.25, 0.3) is 0 Å². The molecule has 1 aliphatic carbocycles. The Kier molecular flexibility index (Phi) is 5.24. The van der Waals surface area contributed by atoms with Gasteiger partial charge in [0.15, 0.2) is 8.29 Å². The number of benzene rings is 1. The first-order valence-corrected chi connectivity index (χ1v) is 10.1. The second-order valence-corrected chi connectivity index (χ2v) is 8.58. The summed E-state index contributed by atoms with van der Waals surface area (Å²) >= 11 is 14.6. The first kappa shape index (κ1) is 16.5. The zero-order valence-electron chi connectivity index (χ0n) is 12.3. The van der Waals surface area contributed by atoms with Crippen molar-refractivity contribution in [2.75, 3.05) is 6.26 Å². The van der Waals surface area contributed by atoms with Crippen LogP contribution in [-0.4, -0.2) is 16.0 Å². The van der Waals surface area contributed by atoms with Crippen LogP contribution in [-0.2, 0) is 12.2 Å². The van der Waals surface area contributed by atoms with E-state index in [0.29, 0.717) is 6.67 Å². The second kappa shape index (κ2) is 7.01. The van der Waals surface area contributed by atoms with E-state index >= 15 is 0 Å². The predicted molar refractivity (Wildman–Crippen MR) is 97.5 cm³/mol. The molecule has 0 spiro atoms. The lowest BCUT2D eigenvalue weighted by molar-refractivity contribution is 0.297. The summed E-state index contributed by atoms with van der Waals surface area (Å²) in [5.41, 5.74) is 1.32. The lowest BCUT2D eigenvalue weighted by Gasteiger charge is -2.31. The molecule has 1 saturated carbocycles. The van der Waals surface area contributed by atoms with Crippen LogP contribution < -0.4 is 5.32 Å². The molecule has 3 rings (SSSR count). The smallest absolute Gasteiger partial charge is 0.181 e. The van der Waals surface area contributed by atoms with Gasteiger partial charge < -0.3 is 0 Å². The number of halogens is 1. The third-order valence-corrected chi connectivity index (χ3v) is 6.72. The largest absolute Gasteiger partial charge is 0.288 e. The van der Waals surface area contributed by atoms with Crippen molar-refractivity contribution >= 4 is 46.9 Å². The van der Waals surface area contributed by atoms with E-state index in [1.807, 2.05) is 23.1 Å². The molecule has 118 valence electrons. The quantitative estimate of drug-likeness (QED) is 0.587. The minimum Gasteiger partial charge on any atom is -0.288 e. The lowest BCUT2D eigenvalue weighted by atomic mass is 9.88. The number of hydrogen-bond donors (Lipinski definition) is 1. The highest BCUT2D eigenvalue weighted by Gasteiger charge is 2.35. The van der Waals surface area contributed by atoms with Crippen LogP contribution in [0.5, 0.6) is 0 Å². The molecule has 0 amide bonds. The van der Waals surface area contributed by atoms with Crippen molar-refractivity contribution in [3.05, 3.63) is 38.8 Å². The second-order valence-electron chi connectivity index (χ2n) is 5.47. The molecule has 1 aromatic heterocycles. The fourth-order valence-corrected chi connectivity index (χ4v) is 4.89. The monoisotopic (exact) mass is 371 g/mol. The zero-order valence-corrected chi connectivity index (χ0v) is 15.5. The molecule has 0 saturated heterocycles. The molecule has 0 unspecified atom stereocenters. The summed E-state index contributed by atoms with van der Waals surface area (Å²) in [5, 5.41) is 9.03. The van der Waals surface area contributed by atoms with Crippen LogP contribution in [0.1, 0.15) is 31.2 Å². The van der Waals surface area contributed by atoms with Crippen molar-refractivity contribution in [2.45, 2.75) is 42.2 Å². The Bertz CT molecular complexity index is 687. The van der Waals surface area contributed by atoms with Crippen molar-refractivity contribution in [3.63, 3.8) is 0 Å². The molecule has 1 heterocycles. The third-order valence-electron chi connectivity index (χ3n) is 4.18. The maximum Gasteiger partial charge on any atom is 0.181 e. The average Bonchev–Trinajstić information content (AvgIpc) is 3.13. The van der Waals surface area contributed by atoms with E-state index in [0.717, 1.165) is 26.2 Å². The van der Waals surface area contributed by atoms with E-state index < -0.39 is 0 Å². The fourth-order valence-electron chi connectivity index (χ4n) is 3.01. The fraction of sp³-hybridized carbons (Fsp3) is 0.467. The van der Waals surface area contributed by atoms with Crippen LogP contribution in [0.2, 0.25) is 5.02 Å². The van der Waals surface area contributed by atoms with E-state index in [9.17, 15) is 0 Å². The Morgan fingerprint density at radius 3 is 2.64 bits per heavy atom. The Morgan fingerprint density at radius 2 is 2.05 bits per heavy atom. The zero-order chi connectivity index (χ0) is 15.6. The maximum atomic E-state index is 6.03. The summed E-state index contributed by atoms with van der Waals surface area (Å²) in [6.45, 7) is 0.651. The van der Waals surface area contributed by atoms with Gasteiger partial charge in [0.2, 0.25) is 0 Å². The molecule has 22 heavy (non-hydrogen) atoms. The normalized spacial score (nSPS) is 17.0. The summed E-state index contributed by atoms with van der Waals surface area (Å²) < 4.78 is 3.72. The summed E-state index contributed by atoms with van der Waals surface area (Å²) in [5.74, 6) is 0. The van der Waals surface area contributed by atoms with Gasteiger partial charge in [-0.1, -0.05) is 59.7 Å². The van der Waals surface area contributed by atoms with Crippen LogP contribution in [0.15, 0.2) is 28.6 Å². The molecule has 3 nitrogen and oxygen atoms in total. The molecule has 0 aliphatic heterocycles. The van der Waals surface area contributed by atoms with Gasteiger partial charge in [0, 0.05) is 10.6 Å². The summed E-state index contributed by atoms with van der Waals surface area (Å²) in [6, 6.07) is 8.21. The molecule has 1 fully saturated rings. The van der Waals surface area contributed by atoms with E-state index in [2.05, 4.69) is 22.5 Å². The first-order chi connectivity index (χ1) is 10.6. The molecule has 1 N–H and O–H groups in total. The molecule has 0 radical (unpaired) electrons. The van der Waals surface area contributed by atoms with E-state index in [1.165, 1.54) is 18.4 Å². The molecule has 1 aromatic carbocycles. The number of nitrogens with one attached hydrogen (secondary N) is 1. The van der Waals surface area contributed by atoms with Crippen LogP contribution in [0, 0.1) is 3.95 Å². The number of rotatable bonds is 5. The van der Waals surface area contributed by atoms with Gasteiger partial charge >= 0.3 is 0 Å². The van der Waals surface area contributed by atoms with Crippen molar-refractivity contribution in [2.24, 2.45) is 0 Å². The van der Waals surface area contributed by atoms with Gasteiger partial charge in [0.1, 0.15) is 0 Å². The highest BCUT2D eigenvalue weighted by molar-refractivity contribution is 8.00. The van der Waals surface area contributed by atoms with Gasteiger partial charge in [-0.2, -0.15) is 5.10 Å². The number of hydrogen-bond acceptors (Lipinski definition) is 5. The Labute approximate surface area is 149 Å². The highest BCUT2D eigenvalue weighted by atomic mass is 35.5. The molecule has 1 aliphatic rings. The highest BCUT2D eigenvalue weighted by Crippen LogP contribution is 2.39. The van der Waals surface area contributed by atoms with E-state index in [4.69, 9.17) is 23.8 Å². The summed E-state index contributed by atoms with van der Waals surface area (Å²) in [7, 11) is 0. The number of nitrogens with zero attached hydrogens (tertiary/aromatic N) is 2. The molecule has 7 heteroatoms. The number of aromatic nitrogens is 2. The van der Waals surface area contributed by atoms with E-state index in [1.54, 1.807) is 23.1 Å². The van der Waals surface area contributed by atoms with Gasteiger partial charge in [-0.25, -0.2) is 4.68 Å². The first-order valence-electron chi connectivity index (χ1n) is 7.26. The number of thioether (sulfide) groups is 1. The average molecular weight is 372 g/mol. The van der Waals surface area contributed by atoms with Gasteiger partial charge in [-0.3, -0.25) is 5.32 Å². The lowest BCUT2D eigenvalue weighted by Crippen LogP contribution is -2.41. The predicted octanol–water partition coefficient (Wildman–Crippen LogP) is 5.07. The van der Waals surface area contributed by atoms with E-state index in [-0.39, 0.29) is 5.54 Å². The Balaban J connectivity index is 1.81. The summed E-state index contributed by atoms with van der Waals surface area (Å²) in [6.07, 6.45) is 6.79. The molecule has 0 atom stereocenters. The van der Waals surface area contributed by atoms with Gasteiger partial charge in [-0.05, 0) is 49.0 Å². The van der Waals surface area contributed by atoms with Crippen molar-refractivity contribution in [3.8, 4) is 0 Å². The Hall–Kier alpha value is -0.400. The van der Waals surface area contributed by atoms with Crippen LogP contribution in [0.3, 0.4) is 0 Å². The summed E-state index contributed by atoms with van der Waals surface area (Å²) in [4.78, 5) is 0. The van der Waals surface area contributed by atoms with Crippen LogP contribution >= 0.6 is 46.9 Å². The minimum atomic E-state index is 0.0164. The molecule has 2 aromatic rings. The van der Waals surface area contributed by atoms with Gasteiger partial charge in [-0.15, -0.1) is 0 Å². The van der Waals surface area contributed by atoms with Crippen molar-refractivity contribution < 1.29 is 0 Å². The molecule has 0 bridgehead atoms. The minimum absolute atomic E-state index is 0.0164. The Morgan fingerprint density at radius 1 is 1.36 bits per heavy atom. The van der Waals surface area contributed by atoms with Crippen LogP contribution in [0.4, 0.5) is 0 Å². The van der Waals surface area contributed by atoms with Gasteiger partial charge in [0.25, 0.3) is 0 Å². The van der Waals surface area contributed by atoms with Crippen molar-refractivity contribution in [1.29, 1.82) is 0 Å².